The molecule has 2 heterocycles. The lowest BCUT2D eigenvalue weighted by Gasteiger charge is -2.30. The number of carbonyl (C=O) groups is 1. The number of rotatable bonds is 4. The lowest BCUT2D eigenvalue weighted by Crippen LogP contribution is -2.41. The highest BCUT2D eigenvalue weighted by atomic mass is 35.5. The van der Waals surface area contributed by atoms with Crippen LogP contribution in [0.5, 0.6) is 0 Å². The van der Waals surface area contributed by atoms with E-state index in [9.17, 15) is 26.4 Å². The zero-order valence-electron chi connectivity index (χ0n) is 17.7. The van der Waals surface area contributed by atoms with Crippen molar-refractivity contribution in [3.05, 3.63) is 40.6 Å². The smallest absolute Gasteiger partial charge is 0.359 e. The first kappa shape index (κ1) is 24.5. The van der Waals surface area contributed by atoms with Crippen LogP contribution >= 0.6 is 11.6 Å². The van der Waals surface area contributed by atoms with Gasteiger partial charge in [0.15, 0.2) is 5.82 Å². The van der Waals surface area contributed by atoms with Crippen LogP contribution in [0.1, 0.15) is 44.9 Å². The summed E-state index contributed by atoms with van der Waals surface area (Å²) in [5.74, 6) is 0.0968. The van der Waals surface area contributed by atoms with Gasteiger partial charge < -0.3 is 9.84 Å². The lowest BCUT2D eigenvalue weighted by atomic mass is 9.93. The van der Waals surface area contributed by atoms with Gasteiger partial charge in [-0.05, 0) is 31.0 Å². The molecule has 1 fully saturated rings. The highest BCUT2D eigenvalue weighted by molar-refractivity contribution is 7.89. The molecule has 1 amide bonds. The van der Waals surface area contributed by atoms with Crippen molar-refractivity contribution in [1.29, 1.82) is 0 Å². The molecule has 0 atom stereocenters. The van der Waals surface area contributed by atoms with Crippen molar-refractivity contribution in [3.8, 4) is 0 Å². The Morgan fingerprint density at radius 2 is 1.81 bits per heavy atom. The number of amides is 1. The molecule has 32 heavy (non-hydrogen) atoms. The number of aromatic nitrogens is 1. The zero-order chi connectivity index (χ0) is 23.9. The maximum Gasteiger partial charge on any atom is 0.417 e. The van der Waals surface area contributed by atoms with Crippen LogP contribution in [0.3, 0.4) is 0 Å². The van der Waals surface area contributed by atoms with Gasteiger partial charge in [0.2, 0.25) is 15.9 Å². The van der Waals surface area contributed by atoms with Gasteiger partial charge in [-0.15, -0.1) is 0 Å². The SMILES string of the molecule is CC(C)(C)c1cc(NC(=O)C2CCN(S(=O)(=O)c3ccc(Cl)c(C(F)(F)F)c3)CC2)no1. The van der Waals surface area contributed by atoms with Crippen molar-refractivity contribution in [1.82, 2.24) is 9.46 Å². The second kappa shape index (κ2) is 8.68. The number of sulfonamides is 1. The minimum Gasteiger partial charge on any atom is -0.359 e. The summed E-state index contributed by atoms with van der Waals surface area (Å²) in [6.07, 6.45) is -4.34. The number of halogens is 4. The van der Waals surface area contributed by atoms with Crippen LogP contribution in [-0.2, 0) is 26.4 Å². The molecule has 1 N–H and O–H groups in total. The third-order valence-corrected chi connectivity index (χ3v) is 7.43. The molecule has 1 aromatic heterocycles. The quantitative estimate of drug-likeness (QED) is 0.667. The van der Waals surface area contributed by atoms with Gasteiger partial charge in [-0.1, -0.05) is 37.5 Å². The number of piperidine rings is 1. The Labute approximate surface area is 188 Å². The highest BCUT2D eigenvalue weighted by Crippen LogP contribution is 2.37. The molecule has 2 aromatic rings. The summed E-state index contributed by atoms with van der Waals surface area (Å²) in [7, 11) is -4.17. The van der Waals surface area contributed by atoms with Crippen LogP contribution < -0.4 is 5.32 Å². The number of nitrogens with zero attached hydrogens (tertiary/aromatic N) is 2. The number of alkyl halides is 3. The summed E-state index contributed by atoms with van der Waals surface area (Å²) >= 11 is 5.58. The molecule has 1 aromatic carbocycles. The van der Waals surface area contributed by atoms with Crippen LogP contribution in [0.25, 0.3) is 0 Å². The topological polar surface area (TPSA) is 92.5 Å². The first-order chi connectivity index (χ1) is 14.7. The molecule has 1 aliphatic heterocycles. The molecular weight excluding hydrogens is 471 g/mol. The van der Waals surface area contributed by atoms with Crippen molar-refractivity contribution in [2.45, 2.75) is 50.1 Å². The Balaban J connectivity index is 1.66. The van der Waals surface area contributed by atoms with E-state index in [1.54, 1.807) is 6.07 Å². The Kier molecular flexibility index (Phi) is 6.65. The minimum absolute atomic E-state index is 0.00352. The van der Waals surface area contributed by atoms with Crippen molar-refractivity contribution in [3.63, 3.8) is 0 Å². The summed E-state index contributed by atoms with van der Waals surface area (Å²) in [5.41, 5.74) is -1.49. The van der Waals surface area contributed by atoms with Gasteiger partial charge in [-0.2, -0.15) is 17.5 Å². The number of hydrogen-bond acceptors (Lipinski definition) is 5. The Bertz CT molecular complexity index is 1100. The zero-order valence-corrected chi connectivity index (χ0v) is 19.2. The molecule has 1 aliphatic rings. The van der Waals surface area contributed by atoms with Gasteiger partial charge in [0.1, 0.15) is 5.76 Å². The molecule has 176 valence electrons. The van der Waals surface area contributed by atoms with Gasteiger partial charge in [-0.3, -0.25) is 4.79 Å². The van der Waals surface area contributed by atoms with Crippen LogP contribution in [0.4, 0.5) is 19.0 Å². The summed E-state index contributed by atoms with van der Waals surface area (Å²) < 4.78 is 71.3. The molecule has 0 radical (unpaired) electrons. The van der Waals surface area contributed by atoms with Gasteiger partial charge >= 0.3 is 6.18 Å². The molecule has 3 rings (SSSR count). The average Bonchev–Trinajstić information content (AvgIpc) is 3.16. The highest BCUT2D eigenvalue weighted by Gasteiger charge is 2.37. The summed E-state index contributed by atoms with van der Waals surface area (Å²) in [6.45, 7) is 5.81. The minimum atomic E-state index is -4.78. The van der Waals surface area contributed by atoms with E-state index in [4.69, 9.17) is 16.1 Å². The summed E-state index contributed by atoms with van der Waals surface area (Å²) in [5, 5.41) is 5.92. The van der Waals surface area contributed by atoms with E-state index >= 15 is 0 Å². The Morgan fingerprint density at radius 1 is 1.19 bits per heavy atom. The molecule has 0 aliphatic carbocycles. The predicted molar refractivity (Wildman–Crippen MR) is 112 cm³/mol. The third-order valence-electron chi connectivity index (χ3n) is 5.21. The van der Waals surface area contributed by atoms with Crippen LogP contribution in [-0.4, -0.2) is 36.9 Å². The normalized spacial score (nSPS) is 16.8. The largest absolute Gasteiger partial charge is 0.417 e. The summed E-state index contributed by atoms with van der Waals surface area (Å²) in [6, 6.07) is 4.13. The first-order valence-corrected chi connectivity index (χ1v) is 11.7. The van der Waals surface area contributed by atoms with Crippen LogP contribution in [0, 0.1) is 5.92 Å². The molecule has 1 saturated heterocycles. The van der Waals surface area contributed by atoms with Crippen molar-refractivity contribution in [2.75, 3.05) is 18.4 Å². The number of benzene rings is 1. The van der Waals surface area contributed by atoms with Crippen LogP contribution in [0.2, 0.25) is 5.02 Å². The molecule has 12 heteroatoms. The maximum absolute atomic E-state index is 13.1. The Hall–Kier alpha value is -2.11. The van der Waals surface area contributed by atoms with Crippen molar-refractivity contribution < 1.29 is 30.9 Å². The van der Waals surface area contributed by atoms with E-state index < -0.39 is 37.6 Å². The molecule has 0 bridgehead atoms. The molecule has 0 saturated carbocycles. The number of hydrogen-bond donors (Lipinski definition) is 1. The molecular formula is C20H23ClF3N3O4S. The fourth-order valence-corrected chi connectivity index (χ4v) is 5.03. The van der Waals surface area contributed by atoms with E-state index in [0.717, 1.165) is 16.4 Å². The van der Waals surface area contributed by atoms with Crippen LogP contribution in [0.15, 0.2) is 33.7 Å². The summed E-state index contributed by atoms with van der Waals surface area (Å²) in [4.78, 5) is 12.1. The van der Waals surface area contributed by atoms with Gasteiger partial charge in [-0.25, -0.2) is 8.42 Å². The second-order valence-corrected chi connectivity index (χ2v) is 11.0. The van der Waals surface area contributed by atoms with E-state index in [1.165, 1.54) is 0 Å². The van der Waals surface area contributed by atoms with Crippen molar-refractivity contribution >= 4 is 33.3 Å². The predicted octanol–water partition coefficient (Wildman–Crippen LogP) is 4.68. The molecule has 0 spiro atoms. The number of anilines is 1. The van der Waals surface area contributed by atoms with Gasteiger partial charge in [0.05, 0.1) is 15.5 Å². The monoisotopic (exact) mass is 493 g/mol. The fourth-order valence-electron chi connectivity index (χ4n) is 3.31. The Morgan fingerprint density at radius 3 is 2.34 bits per heavy atom. The third kappa shape index (κ3) is 5.26. The van der Waals surface area contributed by atoms with E-state index in [0.29, 0.717) is 11.8 Å². The van der Waals surface area contributed by atoms with E-state index in [1.807, 2.05) is 20.8 Å². The number of carbonyl (C=O) groups excluding carboxylic acids is 1. The van der Waals surface area contributed by atoms with Gasteiger partial charge in [0.25, 0.3) is 0 Å². The number of nitrogens with one attached hydrogen (secondary N) is 1. The molecule has 7 nitrogen and oxygen atoms in total. The first-order valence-electron chi connectivity index (χ1n) is 9.84. The standard InChI is InChI=1S/C20H23ClF3N3O4S/c1-19(2,3)16-11-17(26-31-16)25-18(28)12-6-8-27(9-7-12)32(29,30)13-4-5-15(21)14(10-13)20(22,23)24/h4-5,10-12H,6-9H2,1-3H3,(H,25,26,28). The maximum atomic E-state index is 13.1. The van der Waals surface area contributed by atoms with Gasteiger partial charge in [0, 0.05) is 30.5 Å². The average molecular weight is 494 g/mol. The molecule has 0 unspecified atom stereocenters. The van der Waals surface area contributed by atoms with E-state index in [-0.39, 0.29) is 43.1 Å². The van der Waals surface area contributed by atoms with E-state index in [2.05, 4.69) is 10.5 Å². The second-order valence-electron chi connectivity index (χ2n) is 8.63. The van der Waals surface area contributed by atoms with Crippen molar-refractivity contribution in [2.24, 2.45) is 5.92 Å². The fraction of sp³-hybridized carbons (Fsp3) is 0.500. The lowest BCUT2D eigenvalue weighted by molar-refractivity contribution is -0.137.